The van der Waals surface area contributed by atoms with Gasteiger partial charge in [0.25, 0.3) is 5.91 Å². The molecular weight excluding hydrogens is 603 g/mol. The molecule has 10 nitrogen and oxygen atoms in total. The van der Waals surface area contributed by atoms with Gasteiger partial charge in [0.15, 0.2) is 0 Å². The summed E-state index contributed by atoms with van der Waals surface area (Å²) in [5.74, 6) is -1.75. The van der Waals surface area contributed by atoms with Gasteiger partial charge in [-0.25, -0.2) is 4.79 Å². The molecule has 1 aromatic carbocycles. The molecule has 0 aliphatic carbocycles. The number of alkyl halides is 3. The molecule has 2 aromatic heterocycles. The first-order valence-electron chi connectivity index (χ1n) is 15.6. The fourth-order valence-electron chi connectivity index (χ4n) is 6.12. The molecule has 0 bridgehead atoms. The number of aliphatic carboxylic acids is 1. The Morgan fingerprint density at radius 1 is 1.04 bits per heavy atom. The molecule has 0 unspecified atom stereocenters. The summed E-state index contributed by atoms with van der Waals surface area (Å²) in [6, 6.07) is 14.2. The maximum Gasteiger partial charge on any atom is 0.490 e. The molecule has 2 saturated heterocycles. The van der Waals surface area contributed by atoms with Crippen molar-refractivity contribution >= 4 is 17.8 Å². The standard InChI is InChI=1S/C31H37N5O3.C2HF3O2/c37-30(36-16-4-7-24(36)21-35-14-1-2-15-35)9-5-17-39-25-8-3-6-22(18-25)28-19-23(10-12-32-28)29-20-26-27(34-29)11-13-33-31(26)38;3-2(4,5)1(6)7/h3,6,8,10,12,18-20,24,34H,1-2,4-5,7,9,11,13-17,21H2,(H,33,38);(H,6,7)/t24-;/m0./s1. The van der Waals surface area contributed by atoms with Crippen molar-refractivity contribution in [3.05, 3.63) is 59.9 Å². The van der Waals surface area contributed by atoms with Crippen LogP contribution in [0.1, 0.15) is 54.6 Å². The highest BCUT2D eigenvalue weighted by Gasteiger charge is 2.38. The number of fused-ring (bicyclic) bond motifs is 1. The van der Waals surface area contributed by atoms with Gasteiger partial charge in [-0.1, -0.05) is 12.1 Å². The maximum atomic E-state index is 12.9. The van der Waals surface area contributed by atoms with E-state index < -0.39 is 12.1 Å². The first-order valence-corrected chi connectivity index (χ1v) is 15.6. The molecule has 6 rings (SSSR count). The van der Waals surface area contributed by atoms with E-state index in [1.807, 2.05) is 42.5 Å². The molecule has 13 heteroatoms. The van der Waals surface area contributed by atoms with E-state index in [1.54, 1.807) is 6.20 Å². The normalized spacial score (nSPS) is 18.0. The van der Waals surface area contributed by atoms with Crippen molar-refractivity contribution in [3.63, 3.8) is 0 Å². The number of carbonyl (C=O) groups is 3. The van der Waals surface area contributed by atoms with Gasteiger partial charge in [0, 0.05) is 67.2 Å². The van der Waals surface area contributed by atoms with Crippen LogP contribution in [0.4, 0.5) is 13.2 Å². The Morgan fingerprint density at radius 2 is 1.83 bits per heavy atom. The Kier molecular flexibility index (Phi) is 10.6. The number of aromatic amines is 1. The van der Waals surface area contributed by atoms with Crippen molar-refractivity contribution in [3.8, 4) is 28.3 Å². The molecule has 246 valence electrons. The van der Waals surface area contributed by atoms with Gasteiger partial charge in [0.2, 0.25) is 5.91 Å². The van der Waals surface area contributed by atoms with E-state index in [1.165, 1.54) is 25.9 Å². The molecule has 0 radical (unpaired) electrons. The predicted octanol–water partition coefficient (Wildman–Crippen LogP) is 4.91. The zero-order valence-electron chi connectivity index (χ0n) is 25.4. The molecule has 3 N–H and O–H groups in total. The van der Waals surface area contributed by atoms with Crippen molar-refractivity contribution in [2.24, 2.45) is 0 Å². The van der Waals surface area contributed by atoms with Crippen LogP contribution in [-0.2, 0) is 16.0 Å². The van der Waals surface area contributed by atoms with Crippen LogP contribution in [0.15, 0.2) is 48.7 Å². The number of pyridine rings is 1. The summed E-state index contributed by atoms with van der Waals surface area (Å²) in [5, 5.41) is 10.0. The van der Waals surface area contributed by atoms with Gasteiger partial charge < -0.3 is 29.9 Å². The third-order valence-electron chi connectivity index (χ3n) is 8.42. The quantitative estimate of drug-likeness (QED) is 0.284. The number of nitrogens with one attached hydrogen (secondary N) is 2. The second-order valence-corrected chi connectivity index (χ2v) is 11.7. The van der Waals surface area contributed by atoms with Gasteiger partial charge in [-0.15, -0.1) is 0 Å². The molecule has 3 aliphatic rings. The number of likely N-dealkylation sites (tertiary alicyclic amines) is 2. The molecule has 2 fully saturated rings. The van der Waals surface area contributed by atoms with Gasteiger partial charge in [0.05, 0.1) is 17.9 Å². The second kappa shape index (κ2) is 14.8. The number of rotatable bonds is 9. The smallest absolute Gasteiger partial charge is 0.490 e. The maximum absolute atomic E-state index is 12.9. The highest BCUT2D eigenvalue weighted by molar-refractivity contribution is 5.97. The van der Waals surface area contributed by atoms with Crippen molar-refractivity contribution in [2.45, 2.75) is 57.2 Å². The van der Waals surface area contributed by atoms with E-state index in [0.717, 1.165) is 71.9 Å². The Bertz CT molecular complexity index is 1540. The minimum absolute atomic E-state index is 0.0260. The number of halogens is 3. The van der Waals surface area contributed by atoms with E-state index in [2.05, 4.69) is 25.1 Å². The summed E-state index contributed by atoms with van der Waals surface area (Å²) in [6.07, 6.45) is 3.56. The summed E-state index contributed by atoms with van der Waals surface area (Å²) in [6.45, 7) is 5.45. The van der Waals surface area contributed by atoms with Gasteiger partial charge in [-0.2, -0.15) is 13.2 Å². The van der Waals surface area contributed by atoms with Gasteiger partial charge >= 0.3 is 12.1 Å². The van der Waals surface area contributed by atoms with E-state index in [0.29, 0.717) is 32.0 Å². The Balaban J connectivity index is 0.000000537. The molecule has 0 saturated carbocycles. The number of benzene rings is 1. The number of aromatic nitrogens is 2. The Hall–Kier alpha value is -4.39. The average Bonchev–Trinajstić information content (AvgIpc) is 3.82. The third kappa shape index (κ3) is 8.45. The van der Waals surface area contributed by atoms with Crippen LogP contribution in [0.5, 0.6) is 5.75 Å². The van der Waals surface area contributed by atoms with Gasteiger partial charge in [-0.3, -0.25) is 14.6 Å². The fraction of sp³-hybridized carbons (Fsp3) is 0.455. The number of hydrogen-bond donors (Lipinski definition) is 3. The zero-order chi connectivity index (χ0) is 32.7. The summed E-state index contributed by atoms with van der Waals surface area (Å²) in [5.41, 5.74) is 5.39. The zero-order valence-corrected chi connectivity index (χ0v) is 25.4. The number of ether oxygens (including phenoxy) is 1. The van der Waals surface area contributed by atoms with Crippen LogP contribution in [0.3, 0.4) is 0 Å². The number of hydrogen-bond acceptors (Lipinski definition) is 6. The van der Waals surface area contributed by atoms with E-state index in [4.69, 9.17) is 14.6 Å². The van der Waals surface area contributed by atoms with Crippen LogP contribution >= 0.6 is 0 Å². The monoisotopic (exact) mass is 641 g/mol. The molecule has 2 amide bonds. The lowest BCUT2D eigenvalue weighted by atomic mass is 10.1. The summed E-state index contributed by atoms with van der Waals surface area (Å²) in [4.78, 5) is 46.6. The molecule has 3 aliphatic heterocycles. The van der Waals surface area contributed by atoms with Crippen LogP contribution in [0.2, 0.25) is 0 Å². The lowest BCUT2D eigenvalue weighted by molar-refractivity contribution is -0.192. The molecular formula is C33H38F3N5O5. The molecule has 3 aromatic rings. The highest BCUT2D eigenvalue weighted by Crippen LogP contribution is 2.29. The van der Waals surface area contributed by atoms with E-state index in [9.17, 15) is 22.8 Å². The largest absolute Gasteiger partial charge is 0.494 e. The predicted molar refractivity (Wildman–Crippen MR) is 164 cm³/mol. The first kappa shape index (κ1) is 33.0. The minimum atomic E-state index is -5.08. The van der Waals surface area contributed by atoms with Crippen molar-refractivity contribution in [1.82, 2.24) is 25.1 Å². The SMILES string of the molecule is O=C(O)C(F)(F)F.O=C1NCCc2[nH]c(-c3ccnc(-c4cccc(OCCCC(=O)N5CCC[C@H]5CN5CCCC5)c4)c3)cc21. The Morgan fingerprint density at radius 3 is 2.57 bits per heavy atom. The Labute approximate surface area is 264 Å². The van der Waals surface area contributed by atoms with Crippen LogP contribution in [-0.4, -0.2) is 94.2 Å². The first-order chi connectivity index (χ1) is 22.1. The van der Waals surface area contributed by atoms with Gasteiger partial charge in [0.1, 0.15) is 5.75 Å². The second-order valence-electron chi connectivity index (χ2n) is 11.7. The molecule has 1 atom stereocenters. The number of carboxylic acid groups (broad SMARTS) is 1. The summed E-state index contributed by atoms with van der Waals surface area (Å²) >= 11 is 0. The van der Waals surface area contributed by atoms with Crippen LogP contribution in [0.25, 0.3) is 22.5 Å². The van der Waals surface area contributed by atoms with Crippen molar-refractivity contribution in [1.29, 1.82) is 0 Å². The number of amides is 2. The number of nitrogens with zero attached hydrogens (tertiary/aromatic N) is 3. The number of H-pyrrole nitrogens is 1. The van der Waals surface area contributed by atoms with Gasteiger partial charge in [-0.05, 0) is 75.5 Å². The summed E-state index contributed by atoms with van der Waals surface area (Å²) < 4.78 is 37.8. The summed E-state index contributed by atoms with van der Waals surface area (Å²) in [7, 11) is 0. The third-order valence-corrected chi connectivity index (χ3v) is 8.42. The fourth-order valence-corrected chi connectivity index (χ4v) is 6.12. The molecule has 0 spiro atoms. The number of carboxylic acids is 1. The minimum Gasteiger partial charge on any atom is -0.494 e. The lowest BCUT2D eigenvalue weighted by Crippen LogP contribution is -2.42. The van der Waals surface area contributed by atoms with Crippen LogP contribution < -0.4 is 10.1 Å². The lowest BCUT2D eigenvalue weighted by Gasteiger charge is -2.28. The van der Waals surface area contributed by atoms with E-state index >= 15 is 0 Å². The molecule has 46 heavy (non-hydrogen) atoms. The topological polar surface area (TPSA) is 128 Å². The van der Waals surface area contributed by atoms with E-state index in [-0.39, 0.29) is 11.8 Å². The van der Waals surface area contributed by atoms with Crippen molar-refractivity contribution < 1.29 is 37.4 Å². The van der Waals surface area contributed by atoms with Crippen molar-refractivity contribution in [2.75, 3.05) is 39.3 Å². The van der Waals surface area contributed by atoms with Crippen LogP contribution in [0, 0.1) is 0 Å². The highest BCUT2D eigenvalue weighted by atomic mass is 19.4. The molecule has 5 heterocycles. The average molecular weight is 642 g/mol. The number of carbonyl (C=O) groups excluding carboxylic acids is 2.